The largest absolute Gasteiger partial charge is 0.456 e. The molecule has 0 aliphatic carbocycles. The number of carbonyl (C=O) groups is 1. The van der Waals surface area contributed by atoms with Crippen LogP contribution in [0.3, 0.4) is 0 Å². The molecule has 2 N–H and O–H groups in total. The van der Waals surface area contributed by atoms with Gasteiger partial charge in [-0.25, -0.2) is 0 Å². The molecule has 1 atom stereocenters. The first kappa shape index (κ1) is 22.7. The Labute approximate surface area is 184 Å². The minimum absolute atomic E-state index is 0.0566. The molecule has 1 aromatic heterocycles. The average molecular weight is 452 g/mol. The molecule has 174 valence electrons. The summed E-state index contributed by atoms with van der Waals surface area (Å²) in [4.78, 5) is 14.8. The maximum atomic E-state index is 13.3. The topological polar surface area (TPSA) is 74.9 Å². The summed E-state index contributed by atoms with van der Waals surface area (Å²) >= 11 is 0. The first-order valence-corrected chi connectivity index (χ1v) is 10.9. The molecule has 0 radical (unpaired) electrons. The highest BCUT2D eigenvalue weighted by molar-refractivity contribution is 6.04. The van der Waals surface area contributed by atoms with E-state index < -0.39 is 23.8 Å². The summed E-state index contributed by atoms with van der Waals surface area (Å²) in [6.07, 6.45) is -1.50. The van der Waals surface area contributed by atoms with Crippen molar-refractivity contribution in [2.75, 3.05) is 36.5 Å². The van der Waals surface area contributed by atoms with Gasteiger partial charge in [0.15, 0.2) is 5.76 Å². The quantitative estimate of drug-likeness (QED) is 0.697. The predicted molar refractivity (Wildman–Crippen MR) is 113 cm³/mol. The van der Waals surface area contributed by atoms with Crippen molar-refractivity contribution in [2.24, 2.45) is 0 Å². The van der Waals surface area contributed by atoms with Crippen LogP contribution in [0.1, 0.15) is 59.9 Å². The maximum absolute atomic E-state index is 13.3. The van der Waals surface area contributed by atoms with E-state index in [2.05, 4.69) is 5.32 Å². The summed E-state index contributed by atoms with van der Waals surface area (Å²) in [7, 11) is 0. The highest BCUT2D eigenvalue weighted by atomic mass is 19.4. The molecule has 0 unspecified atom stereocenters. The van der Waals surface area contributed by atoms with Crippen molar-refractivity contribution < 1.29 is 32.2 Å². The Hall–Kier alpha value is -2.52. The summed E-state index contributed by atoms with van der Waals surface area (Å²) in [6, 6.07) is 6.65. The fraction of sp³-hybridized carbons (Fsp3) is 0.522. The lowest BCUT2D eigenvalue weighted by Crippen LogP contribution is -2.26. The predicted octanol–water partition coefficient (Wildman–Crippen LogP) is 4.80. The molecule has 6 nitrogen and oxygen atoms in total. The number of halogens is 3. The Bertz CT molecular complexity index is 938. The number of ether oxygens (including phenoxy) is 1. The minimum atomic E-state index is -4.53. The highest BCUT2D eigenvalue weighted by Gasteiger charge is 2.32. The third-order valence-corrected chi connectivity index (χ3v) is 6.08. The number of anilines is 2. The fourth-order valence-electron chi connectivity index (χ4n) is 4.27. The molecule has 0 spiro atoms. The van der Waals surface area contributed by atoms with E-state index in [4.69, 9.17) is 9.15 Å². The van der Waals surface area contributed by atoms with E-state index in [-0.39, 0.29) is 17.4 Å². The Morgan fingerprint density at radius 2 is 1.84 bits per heavy atom. The number of nitrogens with one attached hydrogen (secondary N) is 1. The van der Waals surface area contributed by atoms with Gasteiger partial charge in [0.2, 0.25) is 0 Å². The molecular formula is C23H27F3N2O4. The van der Waals surface area contributed by atoms with Gasteiger partial charge in [-0.3, -0.25) is 4.79 Å². The van der Waals surface area contributed by atoms with Crippen LogP contribution < -0.4 is 10.2 Å². The lowest BCUT2D eigenvalue weighted by Gasteiger charge is -2.26. The van der Waals surface area contributed by atoms with E-state index in [0.717, 1.165) is 25.0 Å². The SMILES string of the molecule is O=C(Nc1cc(C(F)(F)F)ccc1N1CCC[C@@H](O)CC1)c1ccc(C2CCOCC2)o1. The number of hydrogen-bond acceptors (Lipinski definition) is 5. The summed E-state index contributed by atoms with van der Waals surface area (Å²) in [5, 5.41) is 12.5. The van der Waals surface area contributed by atoms with Crippen LogP contribution in [0.15, 0.2) is 34.7 Å². The van der Waals surface area contributed by atoms with Crippen molar-refractivity contribution in [1.29, 1.82) is 0 Å². The molecule has 9 heteroatoms. The third kappa shape index (κ3) is 5.27. The van der Waals surface area contributed by atoms with Gasteiger partial charge >= 0.3 is 6.18 Å². The van der Waals surface area contributed by atoms with E-state index in [1.807, 2.05) is 4.90 Å². The number of nitrogens with zero attached hydrogens (tertiary/aromatic N) is 1. The molecule has 1 aromatic carbocycles. The Kier molecular flexibility index (Phi) is 6.76. The number of furan rings is 1. The van der Waals surface area contributed by atoms with E-state index in [1.165, 1.54) is 6.07 Å². The zero-order chi connectivity index (χ0) is 22.7. The number of amides is 1. The third-order valence-electron chi connectivity index (χ3n) is 6.08. The number of alkyl halides is 3. The van der Waals surface area contributed by atoms with E-state index in [1.54, 1.807) is 12.1 Å². The van der Waals surface area contributed by atoms with Gasteiger partial charge in [0.25, 0.3) is 5.91 Å². The highest BCUT2D eigenvalue weighted by Crippen LogP contribution is 2.37. The molecule has 3 heterocycles. The average Bonchev–Trinajstić information content (AvgIpc) is 3.17. The zero-order valence-corrected chi connectivity index (χ0v) is 17.7. The Morgan fingerprint density at radius 3 is 2.59 bits per heavy atom. The smallest absolute Gasteiger partial charge is 0.416 e. The van der Waals surface area contributed by atoms with Crippen LogP contribution in [-0.2, 0) is 10.9 Å². The van der Waals surface area contributed by atoms with Crippen molar-refractivity contribution in [1.82, 2.24) is 0 Å². The van der Waals surface area contributed by atoms with Gasteiger partial charge in [0.05, 0.1) is 23.0 Å². The van der Waals surface area contributed by atoms with Gasteiger partial charge in [0.1, 0.15) is 5.76 Å². The molecule has 0 bridgehead atoms. The van der Waals surface area contributed by atoms with Gasteiger partial charge in [-0.05, 0) is 62.4 Å². The lowest BCUT2D eigenvalue weighted by molar-refractivity contribution is -0.137. The molecule has 32 heavy (non-hydrogen) atoms. The number of rotatable bonds is 4. The molecule has 1 amide bonds. The van der Waals surface area contributed by atoms with E-state index in [9.17, 15) is 23.1 Å². The Morgan fingerprint density at radius 1 is 1.06 bits per heavy atom. The zero-order valence-electron chi connectivity index (χ0n) is 17.7. The molecule has 2 fully saturated rings. The van der Waals surface area contributed by atoms with Crippen molar-refractivity contribution >= 4 is 17.3 Å². The first-order valence-electron chi connectivity index (χ1n) is 10.9. The van der Waals surface area contributed by atoms with Crippen LogP contribution in [0.4, 0.5) is 24.5 Å². The van der Waals surface area contributed by atoms with Crippen LogP contribution in [0.25, 0.3) is 0 Å². The second-order valence-electron chi connectivity index (χ2n) is 8.34. The number of benzene rings is 1. The number of aliphatic hydroxyl groups excluding tert-OH is 1. The molecule has 2 aromatic rings. The number of hydrogen-bond donors (Lipinski definition) is 2. The minimum Gasteiger partial charge on any atom is -0.456 e. The molecule has 2 saturated heterocycles. The Balaban J connectivity index is 1.58. The van der Waals surface area contributed by atoms with Crippen molar-refractivity contribution in [3.8, 4) is 0 Å². The molecule has 4 rings (SSSR count). The summed E-state index contributed by atoms with van der Waals surface area (Å²) in [6.45, 7) is 2.33. The molecular weight excluding hydrogens is 425 g/mol. The van der Waals surface area contributed by atoms with Crippen LogP contribution in [-0.4, -0.2) is 43.4 Å². The van der Waals surface area contributed by atoms with E-state index in [0.29, 0.717) is 57.0 Å². The van der Waals surface area contributed by atoms with Crippen LogP contribution >= 0.6 is 0 Å². The van der Waals surface area contributed by atoms with Crippen LogP contribution in [0, 0.1) is 0 Å². The van der Waals surface area contributed by atoms with Crippen molar-refractivity contribution in [3.63, 3.8) is 0 Å². The summed E-state index contributed by atoms with van der Waals surface area (Å²) in [5.74, 6) is 0.307. The summed E-state index contributed by atoms with van der Waals surface area (Å²) < 4.78 is 51.1. The van der Waals surface area contributed by atoms with Gasteiger partial charge in [-0.2, -0.15) is 13.2 Å². The first-order chi connectivity index (χ1) is 15.3. The van der Waals surface area contributed by atoms with Gasteiger partial charge in [-0.15, -0.1) is 0 Å². The van der Waals surface area contributed by atoms with Crippen LogP contribution in [0.5, 0.6) is 0 Å². The normalized spacial score (nSPS) is 20.8. The van der Waals surface area contributed by atoms with Gasteiger partial charge in [-0.1, -0.05) is 0 Å². The molecule has 2 aliphatic rings. The fourth-order valence-corrected chi connectivity index (χ4v) is 4.27. The maximum Gasteiger partial charge on any atom is 0.416 e. The van der Waals surface area contributed by atoms with Crippen LogP contribution in [0.2, 0.25) is 0 Å². The standard InChI is InChI=1S/C23H27F3N2O4/c24-23(25,26)16-3-4-19(28-10-1-2-17(29)7-11-28)18(14-16)27-22(30)21-6-5-20(32-21)15-8-12-31-13-9-15/h3-6,14-15,17,29H,1-2,7-13H2,(H,27,30)/t17-/m1/s1. The molecule has 2 aliphatic heterocycles. The van der Waals surface area contributed by atoms with E-state index >= 15 is 0 Å². The number of aliphatic hydroxyl groups is 1. The summed E-state index contributed by atoms with van der Waals surface area (Å²) in [5.41, 5.74) is -0.268. The monoisotopic (exact) mass is 452 g/mol. The molecule has 0 saturated carbocycles. The number of carbonyl (C=O) groups excluding carboxylic acids is 1. The second kappa shape index (κ2) is 9.54. The second-order valence-corrected chi connectivity index (χ2v) is 8.34. The van der Waals surface area contributed by atoms with Gasteiger partial charge in [0, 0.05) is 32.2 Å². The van der Waals surface area contributed by atoms with Crippen molar-refractivity contribution in [3.05, 3.63) is 47.4 Å². The lowest BCUT2D eigenvalue weighted by atomic mass is 9.98. The van der Waals surface area contributed by atoms with Crippen molar-refractivity contribution in [2.45, 2.75) is 50.3 Å². The van der Waals surface area contributed by atoms with Gasteiger partial charge < -0.3 is 24.5 Å².